The highest BCUT2D eigenvalue weighted by molar-refractivity contribution is 5.77. The Hall–Kier alpha value is -1.88. The number of nitrogens with one attached hydrogen (secondary N) is 1. The van der Waals surface area contributed by atoms with Crippen LogP contribution in [0.1, 0.15) is 24.0 Å². The Morgan fingerprint density at radius 3 is 2.61 bits per heavy atom. The molecule has 0 fully saturated rings. The van der Waals surface area contributed by atoms with Crippen molar-refractivity contribution < 1.29 is 14.7 Å². The third-order valence-electron chi connectivity index (χ3n) is 2.78. The molecule has 5 nitrogen and oxygen atoms in total. The number of carbonyl (C=O) groups is 2. The lowest BCUT2D eigenvalue weighted by molar-refractivity contribution is -0.139. The van der Waals surface area contributed by atoms with Gasteiger partial charge in [-0.05, 0) is 24.5 Å². The average molecular weight is 250 g/mol. The molecule has 0 heterocycles. The molecule has 1 aromatic rings. The van der Waals surface area contributed by atoms with E-state index in [0.29, 0.717) is 6.54 Å². The van der Waals surface area contributed by atoms with Crippen molar-refractivity contribution >= 4 is 11.9 Å². The maximum atomic E-state index is 11.0. The molecule has 0 aliphatic carbocycles. The number of amides is 1. The van der Waals surface area contributed by atoms with Gasteiger partial charge in [0, 0.05) is 13.0 Å². The molecule has 18 heavy (non-hydrogen) atoms. The van der Waals surface area contributed by atoms with E-state index < -0.39 is 17.9 Å². The van der Waals surface area contributed by atoms with Crippen molar-refractivity contribution in [1.82, 2.24) is 5.32 Å². The summed E-state index contributed by atoms with van der Waals surface area (Å²) in [5, 5.41) is 11.9. The van der Waals surface area contributed by atoms with Crippen LogP contribution in [-0.4, -0.2) is 23.0 Å². The lowest BCUT2D eigenvalue weighted by atomic mass is 10.1. The Morgan fingerprint density at radius 1 is 1.39 bits per heavy atom. The molecule has 0 saturated carbocycles. The number of hydrogen-bond donors (Lipinski definition) is 3. The smallest absolute Gasteiger partial charge is 0.320 e. The zero-order chi connectivity index (χ0) is 13.5. The molecule has 0 radical (unpaired) electrons. The molecule has 0 aliphatic heterocycles. The number of carbonyl (C=O) groups excluding carboxylic acids is 1. The van der Waals surface area contributed by atoms with E-state index in [2.05, 4.69) is 5.32 Å². The maximum absolute atomic E-state index is 11.0. The van der Waals surface area contributed by atoms with Gasteiger partial charge in [0.2, 0.25) is 5.91 Å². The summed E-state index contributed by atoms with van der Waals surface area (Å²) in [6, 6.07) is 6.99. The zero-order valence-corrected chi connectivity index (χ0v) is 10.3. The summed E-state index contributed by atoms with van der Waals surface area (Å²) in [6.45, 7) is 2.43. The van der Waals surface area contributed by atoms with Crippen molar-refractivity contribution in [3.05, 3.63) is 35.4 Å². The molecule has 5 heteroatoms. The largest absolute Gasteiger partial charge is 0.480 e. The molecule has 0 bridgehead atoms. The number of hydrogen-bond acceptors (Lipinski definition) is 3. The van der Waals surface area contributed by atoms with Crippen LogP contribution in [0.25, 0.3) is 0 Å². The molecule has 1 unspecified atom stereocenters. The van der Waals surface area contributed by atoms with Gasteiger partial charge in [-0.15, -0.1) is 0 Å². The van der Waals surface area contributed by atoms with Crippen LogP contribution < -0.4 is 11.1 Å². The van der Waals surface area contributed by atoms with E-state index in [1.807, 2.05) is 31.2 Å². The van der Waals surface area contributed by atoms with Crippen LogP contribution in [0.5, 0.6) is 0 Å². The van der Waals surface area contributed by atoms with Crippen LogP contribution >= 0.6 is 0 Å². The molecule has 0 aromatic heterocycles. The van der Waals surface area contributed by atoms with Crippen LogP contribution in [0.15, 0.2) is 24.3 Å². The molecule has 0 saturated heterocycles. The standard InChI is InChI=1S/C13H18N2O3/c1-9-4-2-3-5-10(9)8-15-11(13(17)18)6-7-12(14)16/h2-5,11,15H,6-8H2,1H3,(H2,14,16)(H,17,18). The number of nitrogens with two attached hydrogens (primary N) is 1. The number of carboxylic acid groups (broad SMARTS) is 1. The summed E-state index contributed by atoms with van der Waals surface area (Å²) in [7, 11) is 0. The lowest BCUT2D eigenvalue weighted by Crippen LogP contribution is -2.37. The van der Waals surface area contributed by atoms with Crippen molar-refractivity contribution in [1.29, 1.82) is 0 Å². The van der Waals surface area contributed by atoms with Gasteiger partial charge in [-0.2, -0.15) is 0 Å². The highest BCUT2D eigenvalue weighted by atomic mass is 16.4. The van der Waals surface area contributed by atoms with E-state index in [1.165, 1.54) is 0 Å². The van der Waals surface area contributed by atoms with Gasteiger partial charge < -0.3 is 16.2 Å². The number of primary amides is 1. The fraction of sp³-hybridized carbons (Fsp3) is 0.385. The molecule has 0 aliphatic rings. The fourth-order valence-electron chi connectivity index (χ4n) is 1.64. The summed E-state index contributed by atoms with van der Waals surface area (Å²) in [6.07, 6.45) is 0.272. The Labute approximate surface area is 106 Å². The minimum atomic E-state index is -0.968. The fourth-order valence-corrected chi connectivity index (χ4v) is 1.64. The van der Waals surface area contributed by atoms with Gasteiger partial charge in [0.15, 0.2) is 0 Å². The molecule has 1 amide bonds. The van der Waals surface area contributed by atoms with Gasteiger partial charge in [0.1, 0.15) is 6.04 Å². The first-order chi connectivity index (χ1) is 8.50. The third kappa shape index (κ3) is 4.55. The number of rotatable bonds is 7. The van der Waals surface area contributed by atoms with E-state index in [-0.39, 0.29) is 12.8 Å². The van der Waals surface area contributed by atoms with Crippen molar-refractivity contribution in [2.24, 2.45) is 5.73 Å². The van der Waals surface area contributed by atoms with E-state index in [4.69, 9.17) is 10.8 Å². The third-order valence-corrected chi connectivity index (χ3v) is 2.78. The van der Waals surface area contributed by atoms with E-state index in [1.54, 1.807) is 0 Å². The molecule has 0 spiro atoms. The first kappa shape index (κ1) is 14.2. The Balaban J connectivity index is 2.55. The van der Waals surface area contributed by atoms with Crippen molar-refractivity contribution in [2.45, 2.75) is 32.4 Å². The van der Waals surface area contributed by atoms with Gasteiger partial charge in [-0.3, -0.25) is 9.59 Å². The van der Waals surface area contributed by atoms with Crippen molar-refractivity contribution in [2.75, 3.05) is 0 Å². The van der Waals surface area contributed by atoms with Crippen molar-refractivity contribution in [3.63, 3.8) is 0 Å². The minimum Gasteiger partial charge on any atom is -0.480 e. The van der Waals surface area contributed by atoms with Gasteiger partial charge >= 0.3 is 5.97 Å². The monoisotopic (exact) mass is 250 g/mol. The van der Waals surface area contributed by atoms with Crippen LogP contribution in [0.3, 0.4) is 0 Å². The van der Waals surface area contributed by atoms with Crippen LogP contribution in [0, 0.1) is 6.92 Å². The first-order valence-electron chi connectivity index (χ1n) is 5.79. The summed E-state index contributed by atoms with van der Waals surface area (Å²) in [4.78, 5) is 21.7. The highest BCUT2D eigenvalue weighted by Crippen LogP contribution is 2.07. The van der Waals surface area contributed by atoms with Crippen molar-refractivity contribution in [3.8, 4) is 0 Å². The molecule has 98 valence electrons. The quantitative estimate of drug-likeness (QED) is 0.667. The topological polar surface area (TPSA) is 92.4 Å². The van der Waals surface area contributed by atoms with E-state index in [0.717, 1.165) is 11.1 Å². The summed E-state index contributed by atoms with van der Waals surface area (Å²) < 4.78 is 0. The minimum absolute atomic E-state index is 0.0672. The second-order valence-electron chi connectivity index (χ2n) is 4.20. The molecule has 1 atom stereocenters. The maximum Gasteiger partial charge on any atom is 0.320 e. The second-order valence-corrected chi connectivity index (χ2v) is 4.20. The predicted molar refractivity (Wildman–Crippen MR) is 67.9 cm³/mol. The van der Waals surface area contributed by atoms with Gasteiger partial charge in [0.05, 0.1) is 0 Å². The Morgan fingerprint density at radius 2 is 2.06 bits per heavy atom. The molecular weight excluding hydrogens is 232 g/mol. The number of carboxylic acids is 1. The number of aliphatic carboxylic acids is 1. The predicted octanol–water partition coefficient (Wildman–Crippen LogP) is 0.803. The Bertz CT molecular complexity index is 432. The van der Waals surface area contributed by atoms with E-state index in [9.17, 15) is 9.59 Å². The normalized spacial score (nSPS) is 12.1. The van der Waals surface area contributed by atoms with Crippen LogP contribution in [0.4, 0.5) is 0 Å². The SMILES string of the molecule is Cc1ccccc1CNC(CCC(N)=O)C(=O)O. The second kappa shape index (κ2) is 6.76. The number of aryl methyl sites for hydroxylation is 1. The highest BCUT2D eigenvalue weighted by Gasteiger charge is 2.17. The molecule has 4 N–H and O–H groups in total. The lowest BCUT2D eigenvalue weighted by Gasteiger charge is -2.14. The van der Waals surface area contributed by atoms with E-state index >= 15 is 0 Å². The molecule has 1 rings (SSSR count). The van der Waals surface area contributed by atoms with Crippen LogP contribution in [-0.2, 0) is 16.1 Å². The Kier molecular flexibility index (Phi) is 5.32. The first-order valence-corrected chi connectivity index (χ1v) is 5.79. The van der Waals surface area contributed by atoms with Gasteiger partial charge in [-0.1, -0.05) is 24.3 Å². The summed E-state index contributed by atoms with van der Waals surface area (Å²) >= 11 is 0. The average Bonchev–Trinajstić information content (AvgIpc) is 2.30. The van der Waals surface area contributed by atoms with Gasteiger partial charge in [0.25, 0.3) is 0 Å². The van der Waals surface area contributed by atoms with Crippen LogP contribution in [0.2, 0.25) is 0 Å². The number of benzene rings is 1. The summed E-state index contributed by atoms with van der Waals surface area (Å²) in [5.41, 5.74) is 7.16. The molecular formula is C13H18N2O3. The zero-order valence-electron chi connectivity index (χ0n) is 10.3. The van der Waals surface area contributed by atoms with Gasteiger partial charge in [-0.25, -0.2) is 0 Å². The summed E-state index contributed by atoms with van der Waals surface area (Å²) in [5.74, 6) is -1.45. The molecule has 1 aromatic carbocycles.